The summed E-state index contributed by atoms with van der Waals surface area (Å²) in [4.78, 5) is 15.3. The van der Waals surface area contributed by atoms with E-state index in [1.807, 2.05) is 0 Å². The van der Waals surface area contributed by atoms with Gasteiger partial charge in [-0.2, -0.15) is 0 Å². The summed E-state index contributed by atoms with van der Waals surface area (Å²) < 4.78 is 18.6. The summed E-state index contributed by atoms with van der Waals surface area (Å²) in [5.74, 6) is -0.373. The van der Waals surface area contributed by atoms with Crippen molar-refractivity contribution in [3.05, 3.63) is 30.1 Å². The van der Waals surface area contributed by atoms with E-state index in [2.05, 4.69) is 6.92 Å². The quantitative estimate of drug-likeness (QED) is 0.830. The molecule has 0 aromatic heterocycles. The molecule has 19 heavy (non-hydrogen) atoms. The van der Waals surface area contributed by atoms with E-state index < -0.39 is 5.82 Å². The summed E-state index contributed by atoms with van der Waals surface area (Å²) in [5, 5.41) is 0. The van der Waals surface area contributed by atoms with Gasteiger partial charge >= 0.3 is 0 Å². The maximum Gasteiger partial charge on any atom is 0.260 e. The van der Waals surface area contributed by atoms with Crippen LogP contribution in [0, 0.1) is 5.82 Å². The Kier molecular flexibility index (Phi) is 4.74. The van der Waals surface area contributed by atoms with E-state index in [-0.39, 0.29) is 18.3 Å². The molecule has 1 aromatic rings. The molecule has 1 fully saturated rings. The Morgan fingerprint density at radius 3 is 2.68 bits per heavy atom. The highest BCUT2D eigenvalue weighted by atomic mass is 19.1. The second kappa shape index (κ2) is 6.52. The predicted octanol–water partition coefficient (Wildman–Crippen LogP) is -0.0485. The standard InChI is InChI=1S/C14H19FN2O2/c1-2-16-7-9-17(10-8-16)14(18)11-19-13-6-4-3-5-12(13)15/h3-6H,2,7-11H2,1H3/p+1. The van der Waals surface area contributed by atoms with Gasteiger partial charge in [-0.15, -0.1) is 0 Å². The molecule has 0 atom stereocenters. The minimum absolute atomic E-state index is 0.0709. The number of amides is 1. The molecule has 1 aliphatic heterocycles. The molecular formula is C14H20FN2O2+. The zero-order valence-electron chi connectivity index (χ0n) is 11.2. The van der Waals surface area contributed by atoms with Gasteiger partial charge in [0.15, 0.2) is 18.2 Å². The van der Waals surface area contributed by atoms with Crippen LogP contribution in [0.5, 0.6) is 5.75 Å². The first-order valence-corrected chi connectivity index (χ1v) is 6.69. The molecule has 0 bridgehead atoms. The van der Waals surface area contributed by atoms with Gasteiger partial charge in [0.25, 0.3) is 5.91 Å². The lowest BCUT2D eigenvalue weighted by molar-refractivity contribution is -0.902. The van der Waals surface area contributed by atoms with Gasteiger partial charge in [0, 0.05) is 0 Å². The SMILES string of the molecule is CC[NH+]1CCN(C(=O)COc2ccccc2F)CC1. The number of piperazine rings is 1. The van der Waals surface area contributed by atoms with E-state index in [1.54, 1.807) is 17.0 Å². The lowest BCUT2D eigenvalue weighted by Crippen LogP contribution is -3.14. The zero-order valence-corrected chi connectivity index (χ0v) is 11.2. The minimum atomic E-state index is -0.435. The third kappa shape index (κ3) is 3.67. The second-order valence-electron chi connectivity index (χ2n) is 4.70. The van der Waals surface area contributed by atoms with E-state index in [4.69, 9.17) is 4.74 Å². The maximum absolute atomic E-state index is 13.3. The Labute approximate surface area is 112 Å². The van der Waals surface area contributed by atoms with Crippen LogP contribution in [-0.4, -0.2) is 50.1 Å². The van der Waals surface area contributed by atoms with Crippen LogP contribution >= 0.6 is 0 Å². The molecule has 1 aromatic carbocycles. The number of halogens is 1. The molecule has 1 amide bonds. The van der Waals surface area contributed by atoms with Crippen LogP contribution in [0.25, 0.3) is 0 Å². The Hall–Kier alpha value is -1.62. The summed E-state index contributed by atoms with van der Waals surface area (Å²) in [6, 6.07) is 6.13. The van der Waals surface area contributed by atoms with E-state index in [0.29, 0.717) is 0 Å². The number of benzene rings is 1. The van der Waals surface area contributed by atoms with E-state index in [0.717, 1.165) is 32.7 Å². The van der Waals surface area contributed by atoms with Crippen molar-refractivity contribution in [2.75, 3.05) is 39.3 Å². The van der Waals surface area contributed by atoms with Crippen LogP contribution in [0.2, 0.25) is 0 Å². The highest BCUT2D eigenvalue weighted by Crippen LogP contribution is 2.15. The van der Waals surface area contributed by atoms with Crippen molar-refractivity contribution in [1.82, 2.24) is 4.90 Å². The average molecular weight is 267 g/mol. The van der Waals surface area contributed by atoms with Gasteiger partial charge < -0.3 is 14.5 Å². The van der Waals surface area contributed by atoms with Crippen LogP contribution in [-0.2, 0) is 4.79 Å². The first-order chi connectivity index (χ1) is 9.20. The summed E-state index contributed by atoms with van der Waals surface area (Å²) in [6.45, 7) is 6.60. The van der Waals surface area contributed by atoms with Crippen LogP contribution in [0.4, 0.5) is 4.39 Å². The van der Waals surface area contributed by atoms with E-state index >= 15 is 0 Å². The number of likely N-dealkylation sites (N-methyl/N-ethyl adjacent to an activating group) is 1. The number of hydrogen-bond acceptors (Lipinski definition) is 2. The third-order valence-corrected chi connectivity index (χ3v) is 3.51. The number of hydrogen-bond donors (Lipinski definition) is 1. The molecule has 0 aliphatic carbocycles. The van der Waals surface area contributed by atoms with Gasteiger partial charge in [0.05, 0.1) is 32.7 Å². The molecule has 2 rings (SSSR count). The van der Waals surface area contributed by atoms with Crippen LogP contribution in [0.15, 0.2) is 24.3 Å². The molecule has 104 valence electrons. The number of nitrogens with zero attached hydrogens (tertiary/aromatic N) is 1. The lowest BCUT2D eigenvalue weighted by atomic mass is 10.3. The first kappa shape index (κ1) is 13.8. The van der Waals surface area contributed by atoms with Crippen LogP contribution < -0.4 is 9.64 Å². The number of nitrogens with one attached hydrogen (secondary N) is 1. The molecule has 1 aliphatic rings. The van der Waals surface area contributed by atoms with Crippen molar-refractivity contribution >= 4 is 5.91 Å². The molecule has 5 heteroatoms. The Morgan fingerprint density at radius 1 is 1.37 bits per heavy atom. The highest BCUT2D eigenvalue weighted by Gasteiger charge is 2.22. The molecule has 1 saturated heterocycles. The Bertz CT molecular complexity index is 431. The van der Waals surface area contributed by atoms with E-state index in [1.165, 1.54) is 17.0 Å². The van der Waals surface area contributed by atoms with Crippen molar-refractivity contribution < 1.29 is 18.8 Å². The zero-order chi connectivity index (χ0) is 13.7. The molecule has 4 nitrogen and oxygen atoms in total. The molecule has 1 N–H and O–H groups in total. The Balaban J connectivity index is 1.81. The topological polar surface area (TPSA) is 34.0 Å². The lowest BCUT2D eigenvalue weighted by Gasteiger charge is -2.31. The van der Waals surface area contributed by atoms with Gasteiger partial charge in [-0.3, -0.25) is 4.79 Å². The van der Waals surface area contributed by atoms with Crippen molar-refractivity contribution in [3.8, 4) is 5.75 Å². The number of rotatable bonds is 4. The molecule has 0 radical (unpaired) electrons. The van der Waals surface area contributed by atoms with Gasteiger partial charge in [0.2, 0.25) is 0 Å². The molecule has 0 saturated carbocycles. The predicted molar refractivity (Wildman–Crippen MR) is 69.7 cm³/mol. The van der Waals surface area contributed by atoms with Crippen molar-refractivity contribution in [3.63, 3.8) is 0 Å². The minimum Gasteiger partial charge on any atom is -0.481 e. The fourth-order valence-electron chi connectivity index (χ4n) is 2.22. The monoisotopic (exact) mass is 267 g/mol. The van der Waals surface area contributed by atoms with Crippen molar-refractivity contribution in [1.29, 1.82) is 0 Å². The third-order valence-electron chi connectivity index (χ3n) is 3.51. The second-order valence-corrected chi connectivity index (χ2v) is 4.70. The number of para-hydroxylation sites is 1. The molecule has 0 spiro atoms. The number of quaternary nitrogens is 1. The maximum atomic E-state index is 13.3. The number of carbonyl (C=O) groups excluding carboxylic acids is 1. The highest BCUT2D eigenvalue weighted by molar-refractivity contribution is 5.77. The first-order valence-electron chi connectivity index (χ1n) is 6.69. The van der Waals surface area contributed by atoms with Gasteiger partial charge in [0.1, 0.15) is 0 Å². The van der Waals surface area contributed by atoms with Crippen molar-refractivity contribution in [2.24, 2.45) is 0 Å². The van der Waals surface area contributed by atoms with E-state index in [9.17, 15) is 9.18 Å². The summed E-state index contributed by atoms with van der Waals surface area (Å²) >= 11 is 0. The van der Waals surface area contributed by atoms with Gasteiger partial charge in [-0.25, -0.2) is 4.39 Å². The number of carbonyl (C=O) groups is 1. The average Bonchev–Trinajstić information content (AvgIpc) is 2.46. The van der Waals surface area contributed by atoms with Crippen LogP contribution in [0.1, 0.15) is 6.92 Å². The van der Waals surface area contributed by atoms with Crippen molar-refractivity contribution in [2.45, 2.75) is 6.92 Å². The Morgan fingerprint density at radius 2 is 2.05 bits per heavy atom. The normalized spacial score (nSPS) is 16.4. The van der Waals surface area contributed by atoms with Gasteiger partial charge in [-0.1, -0.05) is 12.1 Å². The molecule has 1 heterocycles. The van der Waals surface area contributed by atoms with Gasteiger partial charge in [-0.05, 0) is 19.1 Å². The number of ether oxygens (including phenoxy) is 1. The van der Waals surface area contributed by atoms with Crippen LogP contribution in [0.3, 0.4) is 0 Å². The summed E-state index contributed by atoms with van der Waals surface area (Å²) in [5.41, 5.74) is 0. The molecular weight excluding hydrogens is 247 g/mol. The fraction of sp³-hybridized carbons (Fsp3) is 0.500. The largest absolute Gasteiger partial charge is 0.481 e. The molecule has 0 unspecified atom stereocenters. The summed E-state index contributed by atoms with van der Waals surface area (Å²) in [7, 11) is 0. The smallest absolute Gasteiger partial charge is 0.260 e. The summed E-state index contributed by atoms with van der Waals surface area (Å²) in [6.07, 6.45) is 0. The fourth-order valence-corrected chi connectivity index (χ4v) is 2.22.